The van der Waals surface area contributed by atoms with Crippen LogP contribution in [0.25, 0.3) is 0 Å². The Balaban J connectivity index is 1.61. The van der Waals surface area contributed by atoms with E-state index in [-0.39, 0.29) is 5.91 Å². The largest absolute Gasteiger partial charge is 0.493 e. The van der Waals surface area contributed by atoms with Gasteiger partial charge in [-0.15, -0.1) is 0 Å². The molecule has 7 heteroatoms. The molecule has 1 aliphatic carbocycles. The highest BCUT2D eigenvalue weighted by atomic mass is 32.1. The van der Waals surface area contributed by atoms with Gasteiger partial charge >= 0.3 is 0 Å². The Labute approximate surface area is 161 Å². The second-order valence-corrected chi connectivity index (χ2v) is 6.97. The Morgan fingerprint density at radius 1 is 1.15 bits per heavy atom. The van der Waals surface area contributed by atoms with Crippen molar-refractivity contribution in [1.29, 1.82) is 0 Å². The highest BCUT2D eigenvalue weighted by Gasteiger charge is 2.16. The summed E-state index contributed by atoms with van der Waals surface area (Å²) in [6.07, 6.45) is 7.42. The summed E-state index contributed by atoms with van der Waals surface area (Å²) in [7, 11) is 3.24. The van der Waals surface area contributed by atoms with Crippen LogP contribution in [0.2, 0.25) is 0 Å². The molecule has 0 radical (unpaired) electrons. The van der Waals surface area contributed by atoms with Crippen LogP contribution in [0.5, 0.6) is 11.5 Å². The maximum atomic E-state index is 11.8. The first-order valence-electron chi connectivity index (χ1n) is 9.16. The predicted molar refractivity (Wildman–Crippen MR) is 106 cm³/mol. The summed E-state index contributed by atoms with van der Waals surface area (Å²) in [5, 5.41) is 3.50. The van der Waals surface area contributed by atoms with Crippen molar-refractivity contribution >= 4 is 23.2 Å². The summed E-state index contributed by atoms with van der Waals surface area (Å²) in [5.74, 6) is 2.12. The molecule has 0 saturated heterocycles. The molecule has 6 nitrogen and oxygen atoms in total. The first-order valence-corrected chi connectivity index (χ1v) is 9.56. The molecule has 1 saturated carbocycles. The van der Waals surface area contributed by atoms with E-state index >= 15 is 0 Å². The van der Waals surface area contributed by atoms with Crippen molar-refractivity contribution in [3.05, 3.63) is 23.8 Å². The SMILES string of the molecule is COc1ccc(CCNC(=S)NNC(=O)CCC2CCCC2)cc1OC. The number of ether oxygens (including phenoxy) is 2. The highest BCUT2D eigenvalue weighted by Crippen LogP contribution is 2.28. The van der Waals surface area contributed by atoms with Gasteiger partial charge in [-0.3, -0.25) is 15.6 Å². The fraction of sp³-hybridized carbons (Fsp3) is 0.579. The van der Waals surface area contributed by atoms with E-state index in [9.17, 15) is 4.79 Å². The lowest BCUT2D eigenvalue weighted by atomic mass is 10.0. The summed E-state index contributed by atoms with van der Waals surface area (Å²) in [4.78, 5) is 11.8. The maximum Gasteiger partial charge on any atom is 0.238 e. The number of methoxy groups -OCH3 is 2. The maximum absolute atomic E-state index is 11.8. The van der Waals surface area contributed by atoms with Crippen LogP contribution in [0.3, 0.4) is 0 Å². The number of rotatable bonds is 8. The molecule has 3 N–H and O–H groups in total. The van der Waals surface area contributed by atoms with Gasteiger partial charge in [0.1, 0.15) is 0 Å². The van der Waals surface area contributed by atoms with Crippen molar-refractivity contribution in [2.45, 2.75) is 44.9 Å². The number of hydrazine groups is 1. The Kier molecular flexibility index (Phi) is 8.47. The van der Waals surface area contributed by atoms with Crippen LogP contribution < -0.4 is 25.6 Å². The summed E-state index contributed by atoms with van der Waals surface area (Å²) < 4.78 is 10.5. The normalized spacial score (nSPS) is 13.9. The average molecular weight is 380 g/mol. The fourth-order valence-corrected chi connectivity index (χ4v) is 3.38. The molecule has 0 heterocycles. The van der Waals surface area contributed by atoms with E-state index in [1.807, 2.05) is 18.2 Å². The third-order valence-electron chi connectivity index (χ3n) is 4.72. The van der Waals surface area contributed by atoms with E-state index < -0.39 is 0 Å². The Morgan fingerprint density at radius 2 is 1.88 bits per heavy atom. The van der Waals surface area contributed by atoms with Gasteiger partial charge in [-0.25, -0.2) is 0 Å². The molecule has 0 spiro atoms. The highest BCUT2D eigenvalue weighted by molar-refractivity contribution is 7.80. The minimum atomic E-state index is -0.0130. The molecule has 1 aromatic carbocycles. The number of nitrogens with one attached hydrogen (secondary N) is 3. The summed E-state index contributed by atoms with van der Waals surface area (Å²) in [6.45, 7) is 0.652. The zero-order valence-electron chi connectivity index (χ0n) is 15.6. The van der Waals surface area contributed by atoms with Gasteiger partial charge in [0.05, 0.1) is 14.2 Å². The predicted octanol–water partition coefficient (Wildman–Crippen LogP) is 2.71. The molecule has 0 aromatic heterocycles. The smallest absolute Gasteiger partial charge is 0.238 e. The van der Waals surface area contributed by atoms with Gasteiger partial charge in [0.15, 0.2) is 16.6 Å². The Morgan fingerprint density at radius 3 is 2.58 bits per heavy atom. The Hall–Kier alpha value is -2.02. The molecular weight excluding hydrogens is 350 g/mol. The van der Waals surface area contributed by atoms with Gasteiger partial charge in [-0.2, -0.15) is 0 Å². The molecule has 0 bridgehead atoms. The molecule has 26 heavy (non-hydrogen) atoms. The van der Waals surface area contributed by atoms with Crippen molar-refractivity contribution in [2.75, 3.05) is 20.8 Å². The molecule has 2 rings (SSSR count). The second-order valence-electron chi connectivity index (χ2n) is 6.56. The van der Waals surface area contributed by atoms with E-state index in [1.165, 1.54) is 25.7 Å². The van der Waals surface area contributed by atoms with Crippen LogP contribution >= 0.6 is 12.2 Å². The molecule has 144 valence electrons. The number of benzene rings is 1. The topological polar surface area (TPSA) is 71.6 Å². The Bertz CT molecular complexity index is 604. The third-order valence-corrected chi connectivity index (χ3v) is 4.96. The van der Waals surface area contributed by atoms with Crippen molar-refractivity contribution in [3.63, 3.8) is 0 Å². The number of hydrogen-bond donors (Lipinski definition) is 3. The minimum Gasteiger partial charge on any atom is -0.493 e. The first-order chi connectivity index (χ1) is 12.6. The van der Waals surface area contributed by atoms with Crippen LogP contribution in [0.4, 0.5) is 0 Å². The van der Waals surface area contributed by atoms with Crippen LogP contribution in [-0.4, -0.2) is 31.8 Å². The number of thiocarbonyl (C=S) groups is 1. The molecule has 1 fully saturated rings. The van der Waals surface area contributed by atoms with Gasteiger partial charge < -0.3 is 14.8 Å². The lowest BCUT2D eigenvalue weighted by Gasteiger charge is -2.13. The van der Waals surface area contributed by atoms with E-state index in [0.717, 1.165) is 18.4 Å². The first kappa shape index (κ1) is 20.3. The number of hydrogen-bond acceptors (Lipinski definition) is 4. The molecule has 0 unspecified atom stereocenters. The molecule has 1 amide bonds. The van der Waals surface area contributed by atoms with E-state index in [2.05, 4.69) is 16.2 Å². The van der Waals surface area contributed by atoms with Gasteiger partial charge in [0.25, 0.3) is 0 Å². The second kappa shape index (κ2) is 10.9. The van der Waals surface area contributed by atoms with E-state index in [1.54, 1.807) is 14.2 Å². The van der Waals surface area contributed by atoms with E-state index in [0.29, 0.717) is 35.5 Å². The summed E-state index contributed by atoms with van der Waals surface area (Å²) in [5.41, 5.74) is 6.53. The zero-order valence-corrected chi connectivity index (χ0v) is 16.4. The number of carbonyl (C=O) groups excluding carboxylic acids is 1. The van der Waals surface area contributed by atoms with Crippen LogP contribution in [0.1, 0.15) is 44.1 Å². The molecular formula is C19H29N3O3S. The molecule has 0 aliphatic heterocycles. The molecule has 1 aromatic rings. The monoisotopic (exact) mass is 379 g/mol. The summed E-state index contributed by atoms with van der Waals surface area (Å²) in [6, 6.07) is 5.82. The summed E-state index contributed by atoms with van der Waals surface area (Å²) >= 11 is 5.19. The molecule has 1 aliphatic rings. The van der Waals surface area contributed by atoms with Gasteiger partial charge in [0, 0.05) is 13.0 Å². The van der Waals surface area contributed by atoms with Gasteiger partial charge in [-0.1, -0.05) is 31.7 Å². The average Bonchev–Trinajstić information content (AvgIpc) is 3.18. The van der Waals surface area contributed by atoms with Crippen LogP contribution in [-0.2, 0) is 11.2 Å². The zero-order chi connectivity index (χ0) is 18.8. The standard InChI is InChI=1S/C19H29N3O3S/c1-24-16-9-7-15(13-17(16)25-2)11-12-20-19(26)22-21-18(23)10-8-14-5-3-4-6-14/h7,9,13-14H,3-6,8,10-12H2,1-2H3,(H,21,23)(H2,20,22,26). The van der Waals surface area contributed by atoms with Gasteiger partial charge in [-0.05, 0) is 48.7 Å². The number of amides is 1. The van der Waals surface area contributed by atoms with Crippen LogP contribution in [0, 0.1) is 5.92 Å². The van der Waals surface area contributed by atoms with Crippen LogP contribution in [0.15, 0.2) is 18.2 Å². The van der Waals surface area contributed by atoms with Gasteiger partial charge in [0.2, 0.25) is 5.91 Å². The minimum absolute atomic E-state index is 0.0130. The fourth-order valence-electron chi connectivity index (χ4n) is 3.22. The van der Waals surface area contributed by atoms with Crippen molar-refractivity contribution < 1.29 is 14.3 Å². The van der Waals surface area contributed by atoms with Crippen molar-refractivity contribution in [3.8, 4) is 11.5 Å². The lowest BCUT2D eigenvalue weighted by Crippen LogP contribution is -2.47. The van der Waals surface area contributed by atoms with E-state index in [4.69, 9.17) is 21.7 Å². The lowest BCUT2D eigenvalue weighted by molar-refractivity contribution is -0.121. The quantitative estimate of drug-likeness (QED) is 0.477. The van der Waals surface area contributed by atoms with Crippen molar-refractivity contribution in [2.24, 2.45) is 5.92 Å². The molecule has 0 atom stereocenters. The van der Waals surface area contributed by atoms with Crippen molar-refractivity contribution in [1.82, 2.24) is 16.2 Å². The number of carbonyl (C=O) groups is 1. The third kappa shape index (κ3) is 6.71.